The van der Waals surface area contributed by atoms with E-state index < -0.39 is 0 Å². The number of benzene rings is 2. The molecule has 1 aromatic heterocycles. The van der Waals surface area contributed by atoms with Crippen molar-refractivity contribution in [3.63, 3.8) is 0 Å². The Morgan fingerprint density at radius 3 is 2.62 bits per heavy atom. The number of fused-ring (bicyclic) bond motifs is 1. The fraction of sp³-hybridized carbons (Fsp3) is 0.118. The lowest BCUT2D eigenvalue weighted by molar-refractivity contribution is 0.415. The molecular formula is C17H15NO3. The van der Waals surface area contributed by atoms with Gasteiger partial charge in [-0.15, -0.1) is 0 Å². The summed E-state index contributed by atoms with van der Waals surface area (Å²) in [7, 11) is 1.63. The standard InChI is InChI=1S/C17H15NO3/c1-11-7-13(19)10-15(8-11)21-17-16-4-3-14(20-2)9-12(16)5-6-18-17/h3-10,19H,1-2H3. The molecule has 4 heteroatoms. The minimum absolute atomic E-state index is 0.173. The molecule has 0 saturated heterocycles. The van der Waals surface area contributed by atoms with Gasteiger partial charge in [0.1, 0.15) is 17.2 Å². The van der Waals surface area contributed by atoms with Crippen LogP contribution >= 0.6 is 0 Å². The zero-order valence-corrected chi connectivity index (χ0v) is 11.8. The van der Waals surface area contributed by atoms with Gasteiger partial charge in [-0.25, -0.2) is 4.98 Å². The van der Waals surface area contributed by atoms with Gasteiger partial charge in [0.05, 0.1) is 7.11 Å². The number of hydrogen-bond donors (Lipinski definition) is 1. The highest BCUT2D eigenvalue weighted by molar-refractivity contribution is 5.88. The first-order valence-electron chi connectivity index (χ1n) is 6.57. The van der Waals surface area contributed by atoms with Crippen LogP contribution in [-0.2, 0) is 0 Å². The van der Waals surface area contributed by atoms with Gasteiger partial charge in [-0.2, -0.15) is 0 Å². The predicted octanol–water partition coefficient (Wildman–Crippen LogP) is 4.05. The van der Waals surface area contributed by atoms with E-state index in [0.29, 0.717) is 11.6 Å². The number of phenols is 1. The predicted molar refractivity (Wildman–Crippen MR) is 81.2 cm³/mol. The Kier molecular flexibility index (Phi) is 3.36. The van der Waals surface area contributed by atoms with Crippen molar-refractivity contribution in [2.24, 2.45) is 0 Å². The molecule has 106 valence electrons. The Balaban J connectivity index is 2.04. The molecule has 0 bridgehead atoms. The lowest BCUT2D eigenvalue weighted by Gasteiger charge is -2.09. The van der Waals surface area contributed by atoms with Crippen molar-refractivity contribution in [2.75, 3.05) is 7.11 Å². The maximum atomic E-state index is 9.64. The molecule has 0 aliphatic rings. The molecule has 3 rings (SSSR count). The van der Waals surface area contributed by atoms with E-state index in [1.807, 2.05) is 37.3 Å². The molecule has 0 amide bonds. The van der Waals surface area contributed by atoms with Crippen molar-refractivity contribution in [1.29, 1.82) is 0 Å². The van der Waals surface area contributed by atoms with Crippen LogP contribution in [0.15, 0.2) is 48.7 Å². The highest BCUT2D eigenvalue weighted by atomic mass is 16.5. The molecule has 0 unspecified atom stereocenters. The lowest BCUT2D eigenvalue weighted by Crippen LogP contribution is -1.90. The molecule has 0 saturated carbocycles. The monoisotopic (exact) mass is 281 g/mol. The van der Waals surface area contributed by atoms with Gasteiger partial charge in [-0.05, 0) is 54.3 Å². The first-order valence-corrected chi connectivity index (χ1v) is 6.57. The van der Waals surface area contributed by atoms with Crippen molar-refractivity contribution in [2.45, 2.75) is 6.92 Å². The SMILES string of the molecule is COc1ccc2c(Oc3cc(C)cc(O)c3)nccc2c1. The second kappa shape index (κ2) is 5.32. The molecule has 1 N–H and O–H groups in total. The zero-order valence-electron chi connectivity index (χ0n) is 11.8. The molecule has 0 atom stereocenters. The zero-order chi connectivity index (χ0) is 14.8. The summed E-state index contributed by atoms with van der Waals surface area (Å²) in [6.07, 6.45) is 1.69. The van der Waals surface area contributed by atoms with Crippen LogP contribution in [0.3, 0.4) is 0 Å². The highest BCUT2D eigenvalue weighted by Crippen LogP contribution is 2.31. The third-order valence-electron chi connectivity index (χ3n) is 3.19. The summed E-state index contributed by atoms with van der Waals surface area (Å²) >= 11 is 0. The van der Waals surface area contributed by atoms with Gasteiger partial charge in [-0.3, -0.25) is 0 Å². The Labute approximate surface area is 122 Å². The van der Waals surface area contributed by atoms with Gasteiger partial charge in [0.25, 0.3) is 0 Å². The maximum absolute atomic E-state index is 9.64. The number of methoxy groups -OCH3 is 1. The largest absolute Gasteiger partial charge is 0.508 e. The summed E-state index contributed by atoms with van der Waals surface area (Å²) in [5.74, 6) is 2.02. The van der Waals surface area contributed by atoms with E-state index in [-0.39, 0.29) is 5.75 Å². The van der Waals surface area contributed by atoms with Gasteiger partial charge < -0.3 is 14.6 Å². The normalized spacial score (nSPS) is 10.6. The Morgan fingerprint density at radius 1 is 1.00 bits per heavy atom. The number of rotatable bonds is 3. The molecule has 0 fully saturated rings. The molecular weight excluding hydrogens is 266 g/mol. The highest BCUT2D eigenvalue weighted by Gasteiger charge is 2.07. The van der Waals surface area contributed by atoms with Crippen LogP contribution in [0.1, 0.15) is 5.56 Å². The second-order valence-electron chi connectivity index (χ2n) is 4.81. The van der Waals surface area contributed by atoms with Crippen LogP contribution in [0.4, 0.5) is 0 Å². The van der Waals surface area contributed by atoms with Gasteiger partial charge in [0.15, 0.2) is 0 Å². The summed E-state index contributed by atoms with van der Waals surface area (Å²) in [6.45, 7) is 1.90. The van der Waals surface area contributed by atoms with Crippen LogP contribution in [-0.4, -0.2) is 17.2 Å². The smallest absolute Gasteiger partial charge is 0.227 e. The van der Waals surface area contributed by atoms with E-state index in [1.54, 1.807) is 25.4 Å². The van der Waals surface area contributed by atoms with Gasteiger partial charge in [0.2, 0.25) is 5.88 Å². The third-order valence-corrected chi connectivity index (χ3v) is 3.19. The molecule has 21 heavy (non-hydrogen) atoms. The van der Waals surface area contributed by atoms with Crippen molar-refractivity contribution < 1.29 is 14.6 Å². The number of nitrogens with zero attached hydrogens (tertiary/aromatic N) is 1. The average Bonchev–Trinajstić information content (AvgIpc) is 2.46. The lowest BCUT2D eigenvalue weighted by atomic mass is 10.1. The molecule has 4 nitrogen and oxygen atoms in total. The topological polar surface area (TPSA) is 51.6 Å². The summed E-state index contributed by atoms with van der Waals surface area (Å²) in [6, 6.07) is 12.7. The van der Waals surface area contributed by atoms with Crippen LogP contribution in [0.2, 0.25) is 0 Å². The summed E-state index contributed by atoms with van der Waals surface area (Å²) in [4.78, 5) is 4.27. The van der Waals surface area contributed by atoms with Crippen molar-refractivity contribution >= 4 is 10.8 Å². The molecule has 0 aliphatic carbocycles. The quantitative estimate of drug-likeness (QED) is 0.787. The summed E-state index contributed by atoms with van der Waals surface area (Å²) in [5, 5.41) is 11.5. The summed E-state index contributed by atoms with van der Waals surface area (Å²) in [5.41, 5.74) is 0.923. The van der Waals surface area contributed by atoms with Gasteiger partial charge in [0, 0.05) is 17.6 Å². The number of aromatic hydroxyl groups is 1. The van der Waals surface area contributed by atoms with Crippen molar-refractivity contribution in [3.05, 3.63) is 54.2 Å². The fourth-order valence-electron chi connectivity index (χ4n) is 2.24. The third kappa shape index (κ3) is 2.74. The summed E-state index contributed by atoms with van der Waals surface area (Å²) < 4.78 is 11.0. The molecule has 0 radical (unpaired) electrons. The minimum atomic E-state index is 0.173. The van der Waals surface area contributed by atoms with Gasteiger partial charge >= 0.3 is 0 Å². The van der Waals surface area contributed by atoms with Crippen LogP contribution < -0.4 is 9.47 Å². The number of phenolic OH excluding ortho intramolecular Hbond substituents is 1. The Hall–Kier alpha value is -2.75. The van der Waals surface area contributed by atoms with E-state index in [0.717, 1.165) is 22.1 Å². The maximum Gasteiger partial charge on any atom is 0.227 e. The van der Waals surface area contributed by atoms with Crippen molar-refractivity contribution in [1.82, 2.24) is 4.98 Å². The van der Waals surface area contributed by atoms with E-state index in [1.165, 1.54) is 0 Å². The number of pyridine rings is 1. The van der Waals surface area contributed by atoms with E-state index in [4.69, 9.17) is 9.47 Å². The van der Waals surface area contributed by atoms with E-state index in [2.05, 4.69) is 4.98 Å². The Morgan fingerprint density at radius 2 is 1.86 bits per heavy atom. The second-order valence-corrected chi connectivity index (χ2v) is 4.81. The molecule has 0 spiro atoms. The van der Waals surface area contributed by atoms with Crippen LogP contribution in [0.5, 0.6) is 23.1 Å². The molecule has 3 aromatic rings. The first-order chi connectivity index (χ1) is 10.2. The molecule has 0 aliphatic heterocycles. The van der Waals surface area contributed by atoms with Gasteiger partial charge in [-0.1, -0.05) is 0 Å². The number of aromatic nitrogens is 1. The number of ether oxygens (including phenoxy) is 2. The van der Waals surface area contributed by atoms with E-state index >= 15 is 0 Å². The van der Waals surface area contributed by atoms with Crippen LogP contribution in [0, 0.1) is 6.92 Å². The number of aryl methyl sites for hydroxylation is 1. The molecule has 2 aromatic carbocycles. The van der Waals surface area contributed by atoms with E-state index in [9.17, 15) is 5.11 Å². The molecule has 1 heterocycles. The first kappa shape index (κ1) is 13.2. The fourth-order valence-corrected chi connectivity index (χ4v) is 2.24. The number of hydrogen-bond acceptors (Lipinski definition) is 4. The minimum Gasteiger partial charge on any atom is -0.508 e. The van der Waals surface area contributed by atoms with Crippen molar-refractivity contribution in [3.8, 4) is 23.1 Å². The van der Waals surface area contributed by atoms with Crippen LogP contribution in [0.25, 0.3) is 10.8 Å². The Bertz CT molecular complexity index is 779. The average molecular weight is 281 g/mol.